The first-order valence-electron chi connectivity index (χ1n) is 6.24. The van der Waals surface area contributed by atoms with Crippen molar-refractivity contribution < 1.29 is 14.7 Å². The summed E-state index contributed by atoms with van der Waals surface area (Å²) in [6, 6.07) is 12.4. The SMILES string of the molecule is CC(=O)Nc1ccc(SCc2cccc(C(=O)O)n2)cc1. The van der Waals surface area contributed by atoms with Crippen LogP contribution in [0.3, 0.4) is 0 Å². The molecule has 0 aliphatic rings. The second-order valence-corrected chi connectivity index (χ2v) is 5.36. The van der Waals surface area contributed by atoms with Gasteiger partial charge in [0.1, 0.15) is 5.69 Å². The summed E-state index contributed by atoms with van der Waals surface area (Å²) in [4.78, 5) is 26.9. The van der Waals surface area contributed by atoms with Crippen LogP contribution in [0.1, 0.15) is 23.1 Å². The number of carbonyl (C=O) groups is 2. The highest BCUT2D eigenvalue weighted by Crippen LogP contribution is 2.23. The van der Waals surface area contributed by atoms with Gasteiger partial charge in [0.25, 0.3) is 0 Å². The molecule has 0 atom stereocenters. The molecule has 2 aromatic rings. The Labute approximate surface area is 126 Å². The van der Waals surface area contributed by atoms with Crippen molar-refractivity contribution in [2.75, 3.05) is 5.32 Å². The van der Waals surface area contributed by atoms with Crippen molar-refractivity contribution in [2.24, 2.45) is 0 Å². The summed E-state index contributed by atoms with van der Waals surface area (Å²) < 4.78 is 0. The van der Waals surface area contributed by atoms with Crippen LogP contribution < -0.4 is 5.32 Å². The lowest BCUT2D eigenvalue weighted by Crippen LogP contribution is -2.05. The zero-order valence-corrected chi connectivity index (χ0v) is 12.2. The summed E-state index contributed by atoms with van der Waals surface area (Å²) in [6.45, 7) is 1.46. The first-order valence-corrected chi connectivity index (χ1v) is 7.23. The van der Waals surface area contributed by atoms with Crippen molar-refractivity contribution in [3.63, 3.8) is 0 Å². The number of hydrogen-bond donors (Lipinski definition) is 2. The lowest BCUT2D eigenvalue weighted by atomic mass is 10.3. The molecule has 0 aliphatic heterocycles. The highest BCUT2D eigenvalue weighted by molar-refractivity contribution is 7.98. The molecule has 0 bridgehead atoms. The molecule has 5 nitrogen and oxygen atoms in total. The Morgan fingerprint density at radius 3 is 2.52 bits per heavy atom. The minimum atomic E-state index is -1.03. The van der Waals surface area contributed by atoms with Gasteiger partial charge in [0.15, 0.2) is 0 Å². The van der Waals surface area contributed by atoms with Gasteiger partial charge in [-0.05, 0) is 36.4 Å². The third-order valence-electron chi connectivity index (χ3n) is 2.59. The Hall–Kier alpha value is -2.34. The van der Waals surface area contributed by atoms with Gasteiger partial charge in [-0.25, -0.2) is 9.78 Å². The van der Waals surface area contributed by atoms with E-state index in [4.69, 9.17) is 5.11 Å². The zero-order chi connectivity index (χ0) is 15.2. The van der Waals surface area contributed by atoms with Gasteiger partial charge >= 0.3 is 5.97 Å². The van der Waals surface area contributed by atoms with Crippen LogP contribution in [0.4, 0.5) is 5.69 Å². The molecule has 1 aromatic heterocycles. The summed E-state index contributed by atoms with van der Waals surface area (Å²) in [6.07, 6.45) is 0. The minimum absolute atomic E-state index is 0.0501. The molecule has 2 N–H and O–H groups in total. The van der Waals surface area contributed by atoms with Gasteiger partial charge in [-0.15, -0.1) is 11.8 Å². The molecule has 2 rings (SSSR count). The highest BCUT2D eigenvalue weighted by Gasteiger charge is 2.05. The van der Waals surface area contributed by atoms with E-state index in [-0.39, 0.29) is 11.6 Å². The fourth-order valence-corrected chi connectivity index (χ4v) is 2.48. The minimum Gasteiger partial charge on any atom is -0.477 e. The molecule has 1 amide bonds. The largest absolute Gasteiger partial charge is 0.477 e. The van der Waals surface area contributed by atoms with Crippen molar-refractivity contribution in [3.8, 4) is 0 Å². The third kappa shape index (κ3) is 4.61. The molecular formula is C15H14N2O3S. The number of pyridine rings is 1. The van der Waals surface area contributed by atoms with Crippen LogP contribution in [0.5, 0.6) is 0 Å². The van der Waals surface area contributed by atoms with Crippen LogP contribution in [-0.2, 0) is 10.5 Å². The quantitative estimate of drug-likeness (QED) is 0.830. The Balaban J connectivity index is 1.98. The van der Waals surface area contributed by atoms with Gasteiger partial charge in [0, 0.05) is 23.3 Å². The number of hydrogen-bond acceptors (Lipinski definition) is 4. The first-order chi connectivity index (χ1) is 10.0. The van der Waals surface area contributed by atoms with Crippen molar-refractivity contribution in [3.05, 3.63) is 53.9 Å². The molecule has 0 aliphatic carbocycles. The van der Waals surface area contributed by atoms with Crippen LogP contribution in [-0.4, -0.2) is 22.0 Å². The number of amides is 1. The summed E-state index contributed by atoms with van der Waals surface area (Å²) in [7, 11) is 0. The maximum absolute atomic E-state index is 10.9. The molecule has 0 fully saturated rings. The second-order valence-electron chi connectivity index (χ2n) is 4.31. The first kappa shape index (κ1) is 15.1. The number of carboxylic acid groups (broad SMARTS) is 1. The Morgan fingerprint density at radius 2 is 1.90 bits per heavy atom. The molecule has 0 spiro atoms. The number of thioether (sulfide) groups is 1. The molecule has 0 unspecified atom stereocenters. The van der Waals surface area contributed by atoms with E-state index in [0.717, 1.165) is 10.6 Å². The number of nitrogens with one attached hydrogen (secondary N) is 1. The average Bonchev–Trinajstić information content (AvgIpc) is 2.46. The van der Waals surface area contributed by atoms with Crippen LogP contribution in [0.15, 0.2) is 47.4 Å². The molecule has 108 valence electrons. The van der Waals surface area contributed by atoms with E-state index in [2.05, 4.69) is 10.3 Å². The number of carbonyl (C=O) groups excluding carboxylic acids is 1. The lowest BCUT2D eigenvalue weighted by molar-refractivity contribution is -0.114. The number of aromatic carboxylic acids is 1. The van der Waals surface area contributed by atoms with Crippen molar-refractivity contribution in [1.82, 2.24) is 4.98 Å². The van der Waals surface area contributed by atoms with Crippen LogP contribution >= 0.6 is 11.8 Å². The maximum atomic E-state index is 10.9. The van der Waals surface area contributed by atoms with Crippen LogP contribution in [0.25, 0.3) is 0 Å². The Morgan fingerprint density at radius 1 is 1.19 bits per heavy atom. The number of carboxylic acids is 1. The van der Waals surface area contributed by atoms with E-state index >= 15 is 0 Å². The van der Waals surface area contributed by atoms with Gasteiger partial charge in [-0.2, -0.15) is 0 Å². The summed E-state index contributed by atoms with van der Waals surface area (Å²) in [5, 5.41) is 11.6. The fraction of sp³-hybridized carbons (Fsp3) is 0.133. The topological polar surface area (TPSA) is 79.3 Å². The average molecular weight is 302 g/mol. The molecule has 0 saturated carbocycles. The summed E-state index contributed by atoms with van der Waals surface area (Å²) in [5.41, 5.74) is 1.51. The van der Waals surface area contributed by atoms with Crippen molar-refractivity contribution in [2.45, 2.75) is 17.6 Å². The number of rotatable bonds is 5. The monoisotopic (exact) mass is 302 g/mol. The third-order valence-corrected chi connectivity index (χ3v) is 3.63. The Bertz CT molecular complexity index is 656. The van der Waals surface area contributed by atoms with E-state index in [0.29, 0.717) is 11.4 Å². The van der Waals surface area contributed by atoms with Crippen LogP contribution in [0, 0.1) is 0 Å². The molecular weight excluding hydrogens is 288 g/mol. The highest BCUT2D eigenvalue weighted by atomic mass is 32.2. The maximum Gasteiger partial charge on any atom is 0.354 e. The van der Waals surface area contributed by atoms with Crippen LogP contribution in [0.2, 0.25) is 0 Å². The van der Waals surface area contributed by atoms with Gasteiger partial charge in [0.05, 0.1) is 5.69 Å². The normalized spacial score (nSPS) is 10.1. The number of anilines is 1. The number of nitrogens with zero attached hydrogens (tertiary/aromatic N) is 1. The summed E-state index contributed by atoms with van der Waals surface area (Å²) >= 11 is 1.55. The molecule has 1 aromatic carbocycles. The lowest BCUT2D eigenvalue weighted by Gasteiger charge is -2.05. The van der Waals surface area contributed by atoms with Gasteiger partial charge in [0.2, 0.25) is 5.91 Å². The standard InChI is InChI=1S/C15H14N2O3S/c1-10(18)16-11-5-7-13(8-6-11)21-9-12-3-2-4-14(17-12)15(19)20/h2-8H,9H2,1H3,(H,16,18)(H,19,20). The van der Waals surface area contributed by atoms with Crippen molar-refractivity contribution in [1.29, 1.82) is 0 Å². The van der Waals surface area contributed by atoms with E-state index in [9.17, 15) is 9.59 Å². The number of aromatic nitrogens is 1. The van der Waals surface area contributed by atoms with E-state index < -0.39 is 5.97 Å². The molecule has 1 heterocycles. The van der Waals surface area contributed by atoms with Gasteiger partial charge in [-0.1, -0.05) is 6.07 Å². The van der Waals surface area contributed by atoms with Crippen molar-refractivity contribution >= 4 is 29.3 Å². The fourth-order valence-electron chi connectivity index (χ4n) is 1.67. The van der Waals surface area contributed by atoms with E-state index in [1.807, 2.05) is 24.3 Å². The van der Waals surface area contributed by atoms with Gasteiger partial charge < -0.3 is 10.4 Å². The molecule has 6 heteroatoms. The molecule has 0 saturated heterocycles. The van der Waals surface area contributed by atoms with Gasteiger partial charge in [-0.3, -0.25) is 4.79 Å². The predicted molar refractivity (Wildman–Crippen MR) is 81.5 cm³/mol. The van der Waals surface area contributed by atoms with E-state index in [1.165, 1.54) is 13.0 Å². The predicted octanol–water partition coefficient (Wildman–Crippen LogP) is 3.03. The molecule has 0 radical (unpaired) electrons. The molecule has 21 heavy (non-hydrogen) atoms. The summed E-state index contributed by atoms with van der Waals surface area (Å²) in [5.74, 6) is -0.549. The zero-order valence-electron chi connectivity index (χ0n) is 11.4. The van der Waals surface area contributed by atoms with E-state index in [1.54, 1.807) is 23.9 Å². The smallest absolute Gasteiger partial charge is 0.354 e. The Kier molecular flexibility index (Phi) is 4.94. The second kappa shape index (κ2) is 6.90. The number of benzene rings is 1.